The van der Waals surface area contributed by atoms with E-state index in [4.69, 9.17) is 5.73 Å². The van der Waals surface area contributed by atoms with E-state index in [-0.39, 0.29) is 11.7 Å². The fraction of sp³-hybridized carbons (Fsp3) is 0.467. The van der Waals surface area contributed by atoms with Gasteiger partial charge in [0.05, 0.1) is 11.3 Å². The van der Waals surface area contributed by atoms with Gasteiger partial charge in [0, 0.05) is 11.9 Å². The molecule has 2 heterocycles. The van der Waals surface area contributed by atoms with Crippen LogP contribution in [0.2, 0.25) is 0 Å². The molecular formula is C15H19N5O2S2. The number of aryl methyl sites for hydroxylation is 1. The largest absolute Gasteiger partial charge is 0.365 e. The van der Waals surface area contributed by atoms with Crippen molar-refractivity contribution in [3.63, 3.8) is 0 Å². The van der Waals surface area contributed by atoms with Crippen molar-refractivity contribution in [3.05, 3.63) is 22.3 Å². The van der Waals surface area contributed by atoms with Crippen molar-refractivity contribution in [2.24, 2.45) is 18.7 Å². The average Bonchev–Trinajstić information content (AvgIpc) is 3.07. The number of nitrogens with two attached hydrogens (primary N) is 1. The molecule has 9 heteroatoms. The third-order valence-corrected chi connectivity index (χ3v) is 6.22. The van der Waals surface area contributed by atoms with Crippen molar-refractivity contribution in [1.82, 2.24) is 14.8 Å². The lowest BCUT2D eigenvalue weighted by molar-refractivity contribution is -0.113. The Hall–Kier alpha value is -1.87. The van der Waals surface area contributed by atoms with E-state index >= 15 is 0 Å². The van der Waals surface area contributed by atoms with Crippen molar-refractivity contribution in [2.45, 2.75) is 31.3 Å². The monoisotopic (exact) mass is 365 g/mol. The average molecular weight is 365 g/mol. The Morgan fingerprint density at radius 2 is 2.33 bits per heavy atom. The molecule has 0 saturated heterocycles. The van der Waals surface area contributed by atoms with Crippen LogP contribution in [0.25, 0.3) is 0 Å². The molecule has 0 aliphatic heterocycles. The molecular weight excluding hydrogens is 346 g/mol. The maximum Gasteiger partial charge on any atom is 0.251 e. The predicted octanol–water partition coefficient (Wildman–Crippen LogP) is 1.83. The fourth-order valence-corrected chi connectivity index (χ4v) is 4.92. The first-order valence-corrected chi connectivity index (χ1v) is 9.47. The highest BCUT2D eigenvalue weighted by Gasteiger charge is 2.27. The molecule has 0 bridgehead atoms. The van der Waals surface area contributed by atoms with Crippen LogP contribution in [-0.2, 0) is 24.7 Å². The molecule has 2 aromatic heterocycles. The number of fused-ring (bicyclic) bond motifs is 1. The SMILES string of the molecule is C[C@@H]1CCc2c(sc(NC(=O)CSc3nncn3C)c2C(N)=O)C1. The molecule has 7 nitrogen and oxygen atoms in total. The number of primary amides is 1. The maximum absolute atomic E-state index is 12.2. The zero-order valence-corrected chi connectivity index (χ0v) is 15.2. The summed E-state index contributed by atoms with van der Waals surface area (Å²) in [5.41, 5.74) is 7.05. The number of carbonyl (C=O) groups excluding carboxylic acids is 2. The van der Waals surface area contributed by atoms with Gasteiger partial charge in [0.25, 0.3) is 5.91 Å². The summed E-state index contributed by atoms with van der Waals surface area (Å²) in [4.78, 5) is 25.3. The van der Waals surface area contributed by atoms with Crippen molar-refractivity contribution in [1.29, 1.82) is 0 Å². The highest BCUT2D eigenvalue weighted by atomic mass is 32.2. The molecule has 3 rings (SSSR count). The number of nitrogens with one attached hydrogen (secondary N) is 1. The fourth-order valence-electron chi connectivity index (χ4n) is 2.80. The quantitative estimate of drug-likeness (QED) is 0.787. The van der Waals surface area contributed by atoms with Gasteiger partial charge in [-0.3, -0.25) is 9.59 Å². The van der Waals surface area contributed by atoms with Gasteiger partial charge in [0.15, 0.2) is 5.16 Å². The Labute approximate surface area is 148 Å². The second-order valence-corrected chi connectivity index (χ2v) is 8.03. The second kappa shape index (κ2) is 6.94. The summed E-state index contributed by atoms with van der Waals surface area (Å²) in [7, 11) is 1.82. The van der Waals surface area contributed by atoms with Gasteiger partial charge >= 0.3 is 0 Å². The molecule has 0 radical (unpaired) electrons. The zero-order chi connectivity index (χ0) is 17.3. The Morgan fingerprint density at radius 1 is 1.54 bits per heavy atom. The Kier molecular flexibility index (Phi) is 4.91. The van der Waals surface area contributed by atoms with Crippen LogP contribution in [0.4, 0.5) is 5.00 Å². The number of hydrogen-bond acceptors (Lipinski definition) is 6. The van der Waals surface area contributed by atoms with Crippen LogP contribution < -0.4 is 11.1 Å². The van der Waals surface area contributed by atoms with Crippen LogP contribution in [-0.4, -0.2) is 32.3 Å². The predicted molar refractivity (Wildman–Crippen MR) is 94.4 cm³/mol. The zero-order valence-electron chi connectivity index (χ0n) is 13.5. The third kappa shape index (κ3) is 3.46. The number of rotatable bonds is 5. The van der Waals surface area contributed by atoms with E-state index in [1.807, 2.05) is 7.05 Å². The molecule has 24 heavy (non-hydrogen) atoms. The van der Waals surface area contributed by atoms with Crippen molar-refractivity contribution in [3.8, 4) is 0 Å². The normalized spacial score (nSPS) is 16.7. The molecule has 0 unspecified atom stereocenters. The van der Waals surface area contributed by atoms with E-state index in [1.165, 1.54) is 28.0 Å². The minimum atomic E-state index is -0.474. The minimum Gasteiger partial charge on any atom is -0.365 e. The number of thiophene rings is 1. The third-order valence-electron chi connectivity index (χ3n) is 4.01. The van der Waals surface area contributed by atoms with E-state index in [9.17, 15) is 9.59 Å². The molecule has 1 atom stereocenters. The molecule has 3 N–H and O–H groups in total. The number of thioether (sulfide) groups is 1. The van der Waals surface area contributed by atoms with Crippen molar-refractivity contribution < 1.29 is 9.59 Å². The first-order valence-electron chi connectivity index (χ1n) is 7.66. The molecule has 0 fully saturated rings. The van der Waals surface area contributed by atoms with Gasteiger partial charge in [-0.1, -0.05) is 18.7 Å². The van der Waals surface area contributed by atoms with E-state index < -0.39 is 5.91 Å². The standard InChI is InChI=1S/C15H19N5O2S2/c1-8-3-4-9-10(5-8)24-14(12(9)13(16)22)18-11(21)6-23-15-19-17-7-20(15)2/h7-8H,3-6H2,1-2H3,(H2,16,22)(H,18,21)/t8-/m1/s1. The van der Waals surface area contributed by atoms with Gasteiger partial charge in [0.1, 0.15) is 11.3 Å². The summed E-state index contributed by atoms with van der Waals surface area (Å²) < 4.78 is 1.75. The molecule has 1 aliphatic rings. The van der Waals surface area contributed by atoms with Crippen molar-refractivity contribution in [2.75, 3.05) is 11.1 Å². The summed E-state index contributed by atoms with van der Waals surface area (Å²) in [5.74, 6) is 0.131. The number of hydrogen-bond donors (Lipinski definition) is 2. The van der Waals surface area contributed by atoms with Crippen LogP contribution >= 0.6 is 23.1 Å². The summed E-state index contributed by atoms with van der Waals surface area (Å²) in [5, 5.41) is 11.8. The smallest absolute Gasteiger partial charge is 0.251 e. The first kappa shape index (κ1) is 17.0. The van der Waals surface area contributed by atoms with E-state index in [1.54, 1.807) is 10.9 Å². The molecule has 1 aliphatic carbocycles. The van der Waals surface area contributed by atoms with Crippen LogP contribution in [0.15, 0.2) is 11.5 Å². The van der Waals surface area contributed by atoms with Crippen LogP contribution in [0.1, 0.15) is 34.1 Å². The molecule has 2 aromatic rings. The topological polar surface area (TPSA) is 103 Å². The van der Waals surface area contributed by atoms with Gasteiger partial charge in [-0.2, -0.15) is 0 Å². The molecule has 2 amide bonds. The molecule has 0 saturated carbocycles. The number of nitrogens with zero attached hydrogens (tertiary/aromatic N) is 3. The van der Waals surface area contributed by atoms with Gasteiger partial charge in [-0.15, -0.1) is 21.5 Å². The second-order valence-electron chi connectivity index (χ2n) is 5.98. The molecule has 0 aromatic carbocycles. The number of aromatic nitrogens is 3. The number of anilines is 1. The molecule has 0 spiro atoms. The summed E-state index contributed by atoms with van der Waals surface area (Å²) in [6, 6.07) is 0. The van der Waals surface area contributed by atoms with E-state index in [0.29, 0.717) is 21.6 Å². The maximum atomic E-state index is 12.2. The van der Waals surface area contributed by atoms with Crippen LogP contribution in [0, 0.1) is 5.92 Å². The van der Waals surface area contributed by atoms with E-state index in [2.05, 4.69) is 22.4 Å². The molecule has 128 valence electrons. The summed E-state index contributed by atoms with van der Waals surface area (Å²) in [6.45, 7) is 2.20. The first-order chi connectivity index (χ1) is 11.5. The number of carbonyl (C=O) groups is 2. The lowest BCUT2D eigenvalue weighted by Gasteiger charge is -2.18. The van der Waals surface area contributed by atoms with Crippen molar-refractivity contribution >= 4 is 39.9 Å². The van der Waals surface area contributed by atoms with Crippen LogP contribution in [0.3, 0.4) is 0 Å². The van der Waals surface area contributed by atoms with Gasteiger partial charge < -0.3 is 15.6 Å². The van der Waals surface area contributed by atoms with Gasteiger partial charge in [-0.05, 0) is 30.7 Å². The minimum absolute atomic E-state index is 0.183. The number of amides is 2. The Balaban J connectivity index is 1.73. The Bertz CT molecular complexity index is 783. The van der Waals surface area contributed by atoms with Gasteiger partial charge in [-0.25, -0.2) is 0 Å². The van der Waals surface area contributed by atoms with Gasteiger partial charge in [0.2, 0.25) is 5.91 Å². The lowest BCUT2D eigenvalue weighted by Crippen LogP contribution is -2.20. The van der Waals surface area contributed by atoms with E-state index in [0.717, 1.165) is 24.8 Å². The summed E-state index contributed by atoms with van der Waals surface area (Å²) >= 11 is 2.77. The highest BCUT2D eigenvalue weighted by molar-refractivity contribution is 7.99. The summed E-state index contributed by atoms with van der Waals surface area (Å²) in [6.07, 6.45) is 4.40. The Morgan fingerprint density at radius 3 is 3.00 bits per heavy atom. The highest BCUT2D eigenvalue weighted by Crippen LogP contribution is 2.39. The lowest BCUT2D eigenvalue weighted by atomic mass is 9.88. The van der Waals surface area contributed by atoms with Crippen LogP contribution in [0.5, 0.6) is 0 Å².